The van der Waals surface area contributed by atoms with Crippen molar-refractivity contribution >= 4 is 0 Å². The molecule has 0 fully saturated rings. The monoisotopic (exact) mass is 298 g/mol. The van der Waals surface area contributed by atoms with Crippen LogP contribution >= 0.6 is 0 Å². The summed E-state index contributed by atoms with van der Waals surface area (Å²) in [6, 6.07) is 17.0. The van der Waals surface area contributed by atoms with Gasteiger partial charge in [-0.15, -0.1) is 0 Å². The molecule has 0 aliphatic rings. The molecule has 2 aromatic rings. The number of nitrogens with one attached hydrogen (secondary N) is 1. The van der Waals surface area contributed by atoms with Gasteiger partial charge in [-0.3, -0.25) is 0 Å². The molecule has 0 aliphatic heterocycles. The van der Waals surface area contributed by atoms with Crippen LogP contribution in [0.15, 0.2) is 48.5 Å². The highest BCUT2D eigenvalue weighted by atomic mass is 16.5. The molecule has 0 aliphatic carbocycles. The van der Waals surface area contributed by atoms with Crippen LogP contribution in [0.25, 0.3) is 0 Å². The molecule has 0 heterocycles. The Balaban J connectivity index is 1.81. The molecule has 3 heteroatoms. The molecule has 0 bridgehead atoms. The van der Waals surface area contributed by atoms with Gasteiger partial charge in [-0.1, -0.05) is 42.5 Å². The Morgan fingerprint density at radius 2 is 1.77 bits per heavy atom. The lowest BCUT2D eigenvalue weighted by molar-refractivity contribution is 0.402. The van der Waals surface area contributed by atoms with Crippen LogP contribution in [0.5, 0.6) is 5.75 Å². The molecule has 118 valence electrons. The number of para-hydroxylation sites is 1. The third kappa shape index (κ3) is 5.17. The van der Waals surface area contributed by atoms with E-state index in [1.165, 1.54) is 16.7 Å². The van der Waals surface area contributed by atoms with Gasteiger partial charge in [0.15, 0.2) is 0 Å². The van der Waals surface area contributed by atoms with Crippen LogP contribution in [0.3, 0.4) is 0 Å². The SMILES string of the molecule is COc1ccccc1CNCCc1cccc(CN(C)C)c1. The van der Waals surface area contributed by atoms with Gasteiger partial charge in [-0.25, -0.2) is 0 Å². The van der Waals surface area contributed by atoms with E-state index in [0.29, 0.717) is 0 Å². The highest BCUT2D eigenvalue weighted by Gasteiger charge is 2.01. The van der Waals surface area contributed by atoms with E-state index in [1.807, 2.05) is 18.2 Å². The molecule has 0 unspecified atom stereocenters. The fourth-order valence-electron chi connectivity index (χ4n) is 2.55. The quantitative estimate of drug-likeness (QED) is 0.758. The van der Waals surface area contributed by atoms with Gasteiger partial charge in [0.25, 0.3) is 0 Å². The normalized spacial score (nSPS) is 10.9. The first-order valence-corrected chi connectivity index (χ1v) is 7.74. The van der Waals surface area contributed by atoms with E-state index in [4.69, 9.17) is 4.74 Å². The molecule has 1 N–H and O–H groups in total. The van der Waals surface area contributed by atoms with E-state index in [9.17, 15) is 0 Å². The first kappa shape index (κ1) is 16.5. The smallest absolute Gasteiger partial charge is 0.123 e. The maximum absolute atomic E-state index is 5.37. The topological polar surface area (TPSA) is 24.5 Å². The largest absolute Gasteiger partial charge is 0.496 e. The summed E-state index contributed by atoms with van der Waals surface area (Å²) in [5.74, 6) is 0.947. The predicted molar refractivity (Wildman–Crippen MR) is 92.2 cm³/mol. The summed E-state index contributed by atoms with van der Waals surface area (Å²) in [6.07, 6.45) is 1.04. The van der Waals surface area contributed by atoms with Gasteiger partial charge < -0.3 is 15.0 Å². The van der Waals surface area contributed by atoms with E-state index < -0.39 is 0 Å². The number of benzene rings is 2. The van der Waals surface area contributed by atoms with Crippen LogP contribution in [-0.2, 0) is 19.5 Å². The van der Waals surface area contributed by atoms with Crippen molar-refractivity contribution in [3.63, 3.8) is 0 Å². The van der Waals surface area contributed by atoms with Crippen molar-refractivity contribution in [2.24, 2.45) is 0 Å². The van der Waals surface area contributed by atoms with Crippen LogP contribution in [0.1, 0.15) is 16.7 Å². The average Bonchev–Trinajstić information content (AvgIpc) is 2.51. The van der Waals surface area contributed by atoms with Gasteiger partial charge in [0, 0.05) is 18.7 Å². The van der Waals surface area contributed by atoms with Crippen molar-refractivity contribution in [2.45, 2.75) is 19.5 Å². The number of nitrogens with zero attached hydrogens (tertiary/aromatic N) is 1. The molecule has 0 saturated heterocycles. The van der Waals surface area contributed by atoms with Gasteiger partial charge in [0.05, 0.1) is 7.11 Å². The molecule has 0 saturated carbocycles. The van der Waals surface area contributed by atoms with E-state index in [1.54, 1.807) is 7.11 Å². The van der Waals surface area contributed by atoms with E-state index in [-0.39, 0.29) is 0 Å². The summed E-state index contributed by atoms with van der Waals surface area (Å²) >= 11 is 0. The van der Waals surface area contributed by atoms with Crippen molar-refractivity contribution < 1.29 is 4.74 Å². The lowest BCUT2D eigenvalue weighted by atomic mass is 10.1. The highest BCUT2D eigenvalue weighted by molar-refractivity contribution is 5.33. The third-order valence-electron chi connectivity index (χ3n) is 3.59. The molecule has 2 rings (SSSR count). The zero-order valence-electron chi connectivity index (χ0n) is 13.8. The van der Waals surface area contributed by atoms with Crippen molar-refractivity contribution in [1.29, 1.82) is 0 Å². The number of hydrogen-bond donors (Lipinski definition) is 1. The second kappa shape index (κ2) is 8.57. The standard InChI is InChI=1S/C19H26N2O/c1-21(2)15-17-8-6-7-16(13-17)11-12-20-14-18-9-4-5-10-19(18)22-3/h4-10,13,20H,11-12,14-15H2,1-3H3. The second-order valence-electron chi connectivity index (χ2n) is 5.80. The number of rotatable bonds is 8. The first-order chi connectivity index (χ1) is 10.7. The van der Waals surface area contributed by atoms with Gasteiger partial charge in [-0.2, -0.15) is 0 Å². The van der Waals surface area contributed by atoms with Crippen LogP contribution in [0.2, 0.25) is 0 Å². The van der Waals surface area contributed by atoms with Crippen LogP contribution in [0, 0.1) is 0 Å². The minimum atomic E-state index is 0.835. The maximum Gasteiger partial charge on any atom is 0.123 e. The highest BCUT2D eigenvalue weighted by Crippen LogP contribution is 2.16. The Morgan fingerprint density at radius 1 is 1.00 bits per heavy atom. The van der Waals surface area contributed by atoms with E-state index >= 15 is 0 Å². The molecular formula is C19H26N2O. The average molecular weight is 298 g/mol. The number of ether oxygens (including phenoxy) is 1. The van der Waals surface area contributed by atoms with Crippen molar-refractivity contribution in [3.8, 4) is 5.75 Å². The molecule has 3 nitrogen and oxygen atoms in total. The van der Waals surface area contributed by atoms with Crippen LogP contribution in [-0.4, -0.2) is 32.6 Å². The zero-order valence-corrected chi connectivity index (χ0v) is 13.8. The van der Waals surface area contributed by atoms with Gasteiger partial charge in [-0.05, 0) is 44.3 Å². The molecule has 0 atom stereocenters. The minimum Gasteiger partial charge on any atom is -0.496 e. The Kier molecular flexibility index (Phi) is 6.44. The lowest BCUT2D eigenvalue weighted by Gasteiger charge is -2.12. The van der Waals surface area contributed by atoms with Crippen LogP contribution in [0.4, 0.5) is 0 Å². The molecule has 0 radical (unpaired) electrons. The van der Waals surface area contributed by atoms with Crippen molar-refractivity contribution in [1.82, 2.24) is 10.2 Å². The number of hydrogen-bond acceptors (Lipinski definition) is 3. The molecular weight excluding hydrogens is 272 g/mol. The second-order valence-corrected chi connectivity index (χ2v) is 5.80. The number of methoxy groups -OCH3 is 1. The van der Waals surface area contributed by atoms with Crippen molar-refractivity contribution in [2.75, 3.05) is 27.7 Å². The Hall–Kier alpha value is -1.84. The fraction of sp³-hybridized carbons (Fsp3) is 0.368. The van der Waals surface area contributed by atoms with Crippen LogP contribution < -0.4 is 10.1 Å². The van der Waals surface area contributed by atoms with Gasteiger partial charge in [0.1, 0.15) is 5.75 Å². The molecule has 2 aromatic carbocycles. The summed E-state index contributed by atoms with van der Waals surface area (Å²) in [5.41, 5.74) is 3.95. The molecule has 0 amide bonds. The zero-order chi connectivity index (χ0) is 15.8. The summed E-state index contributed by atoms with van der Waals surface area (Å²) in [5, 5.41) is 3.49. The first-order valence-electron chi connectivity index (χ1n) is 7.74. The fourth-order valence-corrected chi connectivity index (χ4v) is 2.55. The maximum atomic E-state index is 5.37. The third-order valence-corrected chi connectivity index (χ3v) is 3.59. The summed E-state index contributed by atoms with van der Waals surface area (Å²) in [7, 11) is 5.91. The predicted octanol–water partition coefficient (Wildman–Crippen LogP) is 3.09. The summed E-state index contributed by atoms with van der Waals surface area (Å²) in [4.78, 5) is 2.19. The molecule has 0 aromatic heterocycles. The Morgan fingerprint density at radius 3 is 2.55 bits per heavy atom. The summed E-state index contributed by atoms with van der Waals surface area (Å²) < 4.78 is 5.37. The molecule has 0 spiro atoms. The Bertz CT molecular complexity index is 581. The Labute approximate surface area is 133 Å². The van der Waals surface area contributed by atoms with E-state index in [0.717, 1.165) is 31.8 Å². The summed E-state index contributed by atoms with van der Waals surface area (Å²) in [6.45, 7) is 2.79. The molecule has 22 heavy (non-hydrogen) atoms. The van der Waals surface area contributed by atoms with Crippen molar-refractivity contribution in [3.05, 3.63) is 65.2 Å². The van der Waals surface area contributed by atoms with Gasteiger partial charge in [0.2, 0.25) is 0 Å². The lowest BCUT2D eigenvalue weighted by Crippen LogP contribution is -2.17. The minimum absolute atomic E-state index is 0.835. The van der Waals surface area contributed by atoms with Gasteiger partial charge >= 0.3 is 0 Å². The van der Waals surface area contributed by atoms with E-state index in [2.05, 4.69) is 54.6 Å².